The summed E-state index contributed by atoms with van der Waals surface area (Å²) in [7, 11) is 4.09. The maximum absolute atomic E-state index is 13.3. The number of hydrogen-bond donors (Lipinski definition) is 1. The maximum atomic E-state index is 13.3. The van der Waals surface area contributed by atoms with Gasteiger partial charge in [-0.05, 0) is 30.3 Å². The second-order valence-electron chi connectivity index (χ2n) is 7.58. The van der Waals surface area contributed by atoms with E-state index in [-0.39, 0.29) is 33.0 Å². The standard InChI is InChI=1S/C23H20ClN5O6S/c1-27-19(25)18(21(32)28(2)23(27)33)16(30)11-36-22-26-15(10-13-5-4-8-35-13)20(31)29(22)12-6-7-17(34-3)14(24)9-12/h4-10H,11,25H2,1-3H3/b15-10-. The third-order valence-electron chi connectivity index (χ3n) is 5.37. The van der Waals surface area contributed by atoms with Gasteiger partial charge in [0.2, 0.25) is 0 Å². The molecule has 36 heavy (non-hydrogen) atoms. The van der Waals surface area contributed by atoms with Crippen molar-refractivity contribution >= 4 is 57.8 Å². The molecule has 13 heteroatoms. The highest BCUT2D eigenvalue weighted by Crippen LogP contribution is 2.34. The first kappa shape index (κ1) is 25.1. The number of nitrogens with zero attached hydrogens (tertiary/aromatic N) is 4. The Morgan fingerprint density at radius 1 is 1.22 bits per heavy atom. The fourth-order valence-corrected chi connectivity index (χ4v) is 4.58. The number of ketones is 1. The van der Waals surface area contributed by atoms with E-state index in [0.717, 1.165) is 20.9 Å². The second-order valence-corrected chi connectivity index (χ2v) is 8.93. The van der Waals surface area contributed by atoms with Gasteiger partial charge >= 0.3 is 5.69 Å². The van der Waals surface area contributed by atoms with E-state index < -0.39 is 22.9 Å². The topological polar surface area (TPSA) is 142 Å². The number of rotatable bonds is 6. The van der Waals surface area contributed by atoms with Gasteiger partial charge in [-0.2, -0.15) is 0 Å². The smallest absolute Gasteiger partial charge is 0.332 e. The number of hydrogen-bond acceptors (Lipinski definition) is 9. The van der Waals surface area contributed by atoms with Gasteiger partial charge in [0.25, 0.3) is 11.5 Å². The number of Topliss-reactive ketones (excluding diaryl/α,β-unsaturated/α-hetero) is 1. The highest BCUT2D eigenvalue weighted by Gasteiger charge is 2.33. The van der Waals surface area contributed by atoms with Crippen LogP contribution in [-0.4, -0.2) is 38.9 Å². The molecular weight excluding hydrogens is 510 g/mol. The van der Waals surface area contributed by atoms with Crippen LogP contribution in [-0.2, 0) is 18.9 Å². The Hall–Kier alpha value is -4.03. The summed E-state index contributed by atoms with van der Waals surface area (Å²) in [5.74, 6) is -0.784. The number of amides is 1. The Bertz CT molecular complexity index is 1550. The summed E-state index contributed by atoms with van der Waals surface area (Å²) in [5.41, 5.74) is 4.60. The average Bonchev–Trinajstić information content (AvgIpc) is 3.48. The lowest BCUT2D eigenvalue weighted by Gasteiger charge is -2.18. The Morgan fingerprint density at radius 2 is 1.97 bits per heavy atom. The number of anilines is 2. The second kappa shape index (κ2) is 9.91. The molecule has 0 radical (unpaired) electrons. The molecule has 2 N–H and O–H groups in total. The van der Waals surface area contributed by atoms with Crippen molar-refractivity contribution in [2.24, 2.45) is 19.1 Å². The number of benzene rings is 1. The molecule has 0 atom stereocenters. The molecule has 0 saturated heterocycles. The lowest BCUT2D eigenvalue weighted by Crippen LogP contribution is -2.42. The Morgan fingerprint density at radius 3 is 2.61 bits per heavy atom. The third kappa shape index (κ3) is 4.48. The highest BCUT2D eigenvalue weighted by molar-refractivity contribution is 8.14. The first-order valence-corrected chi connectivity index (χ1v) is 11.7. The third-order valence-corrected chi connectivity index (χ3v) is 6.60. The zero-order valence-electron chi connectivity index (χ0n) is 19.4. The lowest BCUT2D eigenvalue weighted by molar-refractivity contribution is -0.113. The van der Waals surface area contributed by atoms with Crippen molar-refractivity contribution in [3.8, 4) is 5.75 Å². The monoisotopic (exact) mass is 529 g/mol. The van der Waals surface area contributed by atoms with Crippen LogP contribution in [0.2, 0.25) is 5.02 Å². The van der Waals surface area contributed by atoms with Crippen LogP contribution < -0.4 is 26.6 Å². The van der Waals surface area contributed by atoms with Crippen LogP contribution >= 0.6 is 23.4 Å². The Labute approximate surface area is 213 Å². The molecule has 0 saturated carbocycles. The van der Waals surface area contributed by atoms with Crippen molar-refractivity contribution in [3.05, 3.63) is 79.5 Å². The van der Waals surface area contributed by atoms with Gasteiger partial charge in [0.05, 0.1) is 29.8 Å². The number of thioether (sulfide) groups is 1. The molecule has 186 valence electrons. The maximum Gasteiger partial charge on any atom is 0.332 e. The molecule has 1 aliphatic heterocycles. The summed E-state index contributed by atoms with van der Waals surface area (Å²) in [6.07, 6.45) is 2.93. The molecule has 1 aromatic carbocycles. The number of nitrogens with two attached hydrogens (primary N) is 1. The van der Waals surface area contributed by atoms with Crippen LogP contribution in [0.4, 0.5) is 11.5 Å². The first-order chi connectivity index (χ1) is 17.1. The molecule has 0 bridgehead atoms. The number of furan rings is 1. The molecule has 4 rings (SSSR count). The summed E-state index contributed by atoms with van der Waals surface area (Å²) < 4.78 is 12.3. The van der Waals surface area contributed by atoms with Crippen LogP contribution in [0.15, 0.2) is 61.3 Å². The van der Waals surface area contributed by atoms with Crippen molar-refractivity contribution in [2.45, 2.75) is 0 Å². The molecule has 0 fully saturated rings. The van der Waals surface area contributed by atoms with Crippen LogP contribution in [0, 0.1) is 0 Å². The normalized spacial score (nSPS) is 14.4. The number of halogens is 1. The van der Waals surface area contributed by atoms with E-state index in [0.29, 0.717) is 17.2 Å². The fraction of sp³-hybridized carbons (Fsp3) is 0.174. The number of aliphatic imine (C=N–C) groups is 1. The summed E-state index contributed by atoms with van der Waals surface area (Å²) in [4.78, 5) is 56.6. The van der Waals surface area contributed by atoms with E-state index in [4.69, 9.17) is 26.5 Å². The van der Waals surface area contributed by atoms with Crippen LogP contribution in [0.3, 0.4) is 0 Å². The lowest BCUT2D eigenvalue weighted by atomic mass is 10.2. The van der Waals surface area contributed by atoms with E-state index >= 15 is 0 Å². The fourth-order valence-electron chi connectivity index (χ4n) is 3.45. The quantitative estimate of drug-likeness (QED) is 0.378. The van der Waals surface area contributed by atoms with Crippen LogP contribution in [0.5, 0.6) is 5.75 Å². The molecule has 1 amide bonds. The molecule has 3 aromatic rings. The van der Waals surface area contributed by atoms with Gasteiger partial charge in [0.15, 0.2) is 11.0 Å². The number of aromatic nitrogens is 2. The van der Waals surface area contributed by atoms with E-state index in [1.54, 1.807) is 24.3 Å². The molecule has 1 aliphatic rings. The van der Waals surface area contributed by atoms with Crippen molar-refractivity contribution in [1.29, 1.82) is 0 Å². The number of nitrogen functional groups attached to an aromatic ring is 1. The van der Waals surface area contributed by atoms with Gasteiger partial charge in [0.1, 0.15) is 28.6 Å². The summed E-state index contributed by atoms with van der Waals surface area (Å²) in [6, 6.07) is 8.09. The van der Waals surface area contributed by atoms with Gasteiger partial charge in [-0.15, -0.1) is 0 Å². The first-order valence-electron chi connectivity index (χ1n) is 10.4. The highest BCUT2D eigenvalue weighted by atomic mass is 35.5. The minimum atomic E-state index is -0.803. The number of carbonyl (C=O) groups excluding carboxylic acids is 2. The molecular formula is C23H20ClN5O6S. The number of amidine groups is 1. The Balaban J connectivity index is 1.70. The SMILES string of the molecule is COc1ccc(N2C(=O)/C(=C/c3ccco3)N=C2SCC(=O)c2c(N)n(C)c(=O)n(C)c2=O)cc1Cl. The van der Waals surface area contributed by atoms with Crippen molar-refractivity contribution in [1.82, 2.24) is 9.13 Å². The zero-order chi connectivity index (χ0) is 26.1. The molecule has 3 heterocycles. The molecule has 2 aromatic heterocycles. The van der Waals surface area contributed by atoms with Crippen molar-refractivity contribution < 1.29 is 18.7 Å². The largest absolute Gasteiger partial charge is 0.495 e. The predicted octanol–water partition coefficient (Wildman–Crippen LogP) is 2.28. The average molecular weight is 530 g/mol. The van der Waals surface area contributed by atoms with E-state index in [9.17, 15) is 19.2 Å². The van der Waals surface area contributed by atoms with Gasteiger partial charge in [-0.3, -0.25) is 28.4 Å². The van der Waals surface area contributed by atoms with Crippen molar-refractivity contribution in [3.63, 3.8) is 0 Å². The number of methoxy groups -OCH3 is 1. The van der Waals surface area contributed by atoms with E-state index in [1.807, 2.05) is 0 Å². The predicted molar refractivity (Wildman–Crippen MR) is 138 cm³/mol. The van der Waals surface area contributed by atoms with E-state index in [2.05, 4.69) is 4.99 Å². The zero-order valence-corrected chi connectivity index (χ0v) is 20.9. The van der Waals surface area contributed by atoms with Crippen LogP contribution in [0.25, 0.3) is 6.08 Å². The van der Waals surface area contributed by atoms with E-state index in [1.165, 1.54) is 44.5 Å². The molecule has 0 spiro atoms. The molecule has 11 nitrogen and oxygen atoms in total. The summed E-state index contributed by atoms with van der Waals surface area (Å²) in [5, 5.41) is 0.445. The Kier molecular flexibility index (Phi) is 6.91. The number of ether oxygens (including phenoxy) is 1. The molecule has 0 aliphatic carbocycles. The number of carbonyl (C=O) groups is 2. The van der Waals surface area contributed by atoms with Gasteiger partial charge < -0.3 is 14.9 Å². The van der Waals surface area contributed by atoms with Gasteiger partial charge in [-0.1, -0.05) is 23.4 Å². The van der Waals surface area contributed by atoms with Gasteiger partial charge in [-0.25, -0.2) is 9.79 Å². The summed E-state index contributed by atoms with van der Waals surface area (Å²) in [6.45, 7) is 0. The van der Waals surface area contributed by atoms with Gasteiger partial charge in [0, 0.05) is 20.2 Å². The summed E-state index contributed by atoms with van der Waals surface area (Å²) >= 11 is 7.20. The van der Waals surface area contributed by atoms with Crippen molar-refractivity contribution in [2.75, 3.05) is 23.5 Å². The molecule has 0 unspecified atom stereocenters. The van der Waals surface area contributed by atoms with Crippen LogP contribution in [0.1, 0.15) is 16.1 Å². The minimum Gasteiger partial charge on any atom is -0.495 e. The minimum absolute atomic E-state index is 0.0735.